The highest BCUT2D eigenvalue weighted by Gasteiger charge is 2.12. The standard InChI is InChI=1S/C10H21N5/c11-9(12)15-10(13)14-7-6-8-4-2-1-3-5-8/h8H,1-7H2,(H6,11,12,13,14,15). The van der Waals surface area contributed by atoms with Crippen molar-refractivity contribution in [3.63, 3.8) is 0 Å². The molecule has 5 nitrogen and oxygen atoms in total. The van der Waals surface area contributed by atoms with Gasteiger partial charge in [-0.3, -0.25) is 16.1 Å². The Hall–Kier alpha value is -1.26. The highest BCUT2D eigenvalue weighted by molar-refractivity contribution is 5.94. The second-order valence-corrected chi connectivity index (χ2v) is 4.13. The monoisotopic (exact) mass is 211 g/mol. The summed E-state index contributed by atoms with van der Waals surface area (Å²) in [7, 11) is 0. The van der Waals surface area contributed by atoms with E-state index in [1.165, 1.54) is 32.1 Å². The molecule has 0 saturated heterocycles. The second kappa shape index (κ2) is 6.27. The molecule has 6 N–H and O–H groups in total. The van der Waals surface area contributed by atoms with Gasteiger partial charge in [-0.25, -0.2) is 0 Å². The van der Waals surface area contributed by atoms with E-state index in [1.54, 1.807) is 0 Å². The van der Waals surface area contributed by atoms with Gasteiger partial charge in [-0.05, 0) is 12.3 Å². The van der Waals surface area contributed by atoms with Gasteiger partial charge in [0.05, 0.1) is 0 Å². The summed E-state index contributed by atoms with van der Waals surface area (Å²) in [6.07, 6.45) is 7.86. The van der Waals surface area contributed by atoms with E-state index in [0.29, 0.717) is 0 Å². The van der Waals surface area contributed by atoms with Crippen LogP contribution in [0.5, 0.6) is 0 Å². The Balaban J connectivity index is 2.04. The Bertz CT molecular complexity index is 220. The van der Waals surface area contributed by atoms with Gasteiger partial charge < -0.3 is 11.1 Å². The summed E-state index contributed by atoms with van der Waals surface area (Å²) in [4.78, 5) is 0. The van der Waals surface area contributed by atoms with Crippen molar-refractivity contribution in [2.45, 2.75) is 38.5 Å². The van der Waals surface area contributed by atoms with Gasteiger partial charge in [0.25, 0.3) is 0 Å². The van der Waals surface area contributed by atoms with Crippen LogP contribution in [0.2, 0.25) is 0 Å². The number of rotatable bonds is 3. The summed E-state index contributed by atoms with van der Waals surface area (Å²) in [5.41, 5.74) is 5.10. The maximum atomic E-state index is 7.39. The molecule has 0 aromatic carbocycles. The number of hydrogen-bond acceptors (Lipinski definition) is 2. The van der Waals surface area contributed by atoms with E-state index >= 15 is 0 Å². The first-order valence-corrected chi connectivity index (χ1v) is 5.62. The van der Waals surface area contributed by atoms with Gasteiger partial charge in [-0.15, -0.1) is 0 Å². The summed E-state index contributed by atoms with van der Waals surface area (Å²) in [5, 5.41) is 19.7. The number of hydrogen-bond donors (Lipinski definition) is 5. The van der Waals surface area contributed by atoms with Crippen LogP contribution in [-0.2, 0) is 0 Å². The van der Waals surface area contributed by atoms with Crippen molar-refractivity contribution in [2.24, 2.45) is 11.7 Å². The SMILES string of the molecule is N=C(N)NC(=N)NCCC1CCCCC1. The minimum absolute atomic E-state index is 0.123. The summed E-state index contributed by atoms with van der Waals surface area (Å²) < 4.78 is 0. The molecule has 0 aromatic heterocycles. The molecule has 0 unspecified atom stereocenters. The van der Waals surface area contributed by atoms with E-state index in [-0.39, 0.29) is 11.9 Å². The molecule has 1 fully saturated rings. The number of nitrogens with one attached hydrogen (secondary N) is 4. The van der Waals surface area contributed by atoms with E-state index in [4.69, 9.17) is 16.6 Å². The average molecular weight is 211 g/mol. The largest absolute Gasteiger partial charge is 0.370 e. The third kappa shape index (κ3) is 5.24. The lowest BCUT2D eigenvalue weighted by Gasteiger charge is -2.21. The molecule has 1 aliphatic rings. The zero-order valence-corrected chi connectivity index (χ0v) is 9.10. The first-order chi connectivity index (χ1) is 7.18. The smallest absolute Gasteiger partial charge is 0.195 e. The van der Waals surface area contributed by atoms with Gasteiger partial charge in [0.2, 0.25) is 0 Å². The molecule has 0 amide bonds. The first-order valence-electron chi connectivity index (χ1n) is 5.62. The fourth-order valence-corrected chi connectivity index (χ4v) is 2.06. The van der Waals surface area contributed by atoms with E-state index in [9.17, 15) is 0 Å². The molecule has 15 heavy (non-hydrogen) atoms. The van der Waals surface area contributed by atoms with Crippen molar-refractivity contribution in [3.05, 3.63) is 0 Å². The van der Waals surface area contributed by atoms with Crippen LogP contribution in [0, 0.1) is 16.7 Å². The van der Waals surface area contributed by atoms with E-state index in [2.05, 4.69) is 10.6 Å². The van der Waals surface area contributed by atoms with Crippen molar-refractivity contribution < 1.29 is 0 Å². The van der Waals surface area contributed by atoms with Crippen LogP contribution >= 0.6 is 0 Å². The maximum Gasteiger partial charge on any atom is 0.195 e. The van der Waals surface area contributed by atoms with E-state index < -0.39 is 0 Å². The van der Waals surface area contributed by atoms with Crippen LogP contribution in [0.4, 0.5) is 0 Å². The lowest BCUT2D eigenvalue weighted by Crippen LogP contribution is -2.43. The normalized spacial score (nSPS) is 17.1. The quantitative estimate of drug-likeness (QED) is 0.355. The van der Waals surface area contributed by atoms with Crippen molar-refractivity contribution in [1.29, 1.82) is 10.8 Å². The number of guanidine groups is 2. The molecule has 0 heterocycles. The molecule has 0 radical (unpaired) electrons. The lowest BCUT2D eigenvalue weighted by molar-refractivity contribution is 0.339. The summed E-state index contributed by atoms with van der Waals surface area (Å²) >= 11 is 0. The topological polar surface area (TPSA) is 97.8 Å². The van der Waals surface area contributed by atoms with Crippen LogP contribution in [-0.4, -0.2) is 18.5 Å². The molecule has 86 valence electrons. The molecule has 1 rings (SSSR count). The average Bonchev–Trinajstić information content (AvgIpc) is 2.18. The highest BCUT2D eigenvalue weighted by atomic mass is 15.2. The Morgan fingerprint density at radius 1 is 1.20 bits per heavy atom. The zero-order valence-electron chi connectivity index (χ0n) is 9.10. The van der Waals surface area contributed by atoms with Gasteiger partial charge >= 0.3 is 0 Å². The predicted molar refractivity (Wildman–Crippen MR) is 62.0 cm³/mol. The fraction of sp³-hybridized carbons (Fsp3) is 0.800. The molecule has 0 aliphatic heterocycles. The fourth-order valence-electron chi connectivity index (χ4n) is 2.06. The Morgan fingerprint density at radius 2 is 1.87 bits per heavy atom. The van der Waals surface area contributed by atoms with Crippen LogP contribution in [0.1, 0.15) is 38.5 Å². The molecule has 1 saturated carbocycles. The van der Waals surface area contributed by atoms with Crippen molar-refractivity contribution >= 4 is 11.9 Å². The number of nitrogens with two attached hydrogens (primary N) is 1. The van der Waals surface area contributed by atoms with Crippen molar-refractivity contribution in [1.82, 2.24) is 10.6 Å². The van der Waals surface area contributed by atoms with Crippen LogP contribution in [0.15, 0.2) is 0 Å². The molecular formula is C10H21N5. The van der Waals surface area contributed by atoms with Gasteiger partial charge in [0, 0.05) is 6.54 Å². The van der Waals surface area contributed by atoms with Crippen molar-refractivity contribution in [3.8, 4) is 0 Å². The van der Waals surface area contributed by atoms with Gasteiger partial charge in [0.1, 0.15) is 0 Å². The summed E-state index contributed by atoms with van der Waals surface area (Å²) in [5.74, 6) is 0.750. The Labute approximate surface area is 90.8 Å². The third-order valence-electron chi connectivity index (χ3n) is 2.84. The lowest BCUT2D eigenvalue weighted by atomic mass is 9.87. The third-order valence-corrected chi connectivity index (χ3v) is 2.84. The predicted octanol–water partition coefficient (Wildman–Crippen LogP) is 0.964. The van der Waals surface area contributed by atoms with Crippen LogP contribution in [0.3, 0.4) is 0 Å². The molecular weight excluding hydrogens is 190 g/mol. The molecule has 5 heteroatoms. The van der Waals surface area contributed by atoms with Crippen molar-refractivity contribution in [2.75, 3.05) is 6.54 Å². The Morgan fingerprint density at radius 3 is 2.47 bits per heavy atom. The second-order valence-electron chi connectivity index (χ2n) is 4.13. The summed E-state index contributed by atoms with van der Waals surface area (Å²) in [6.45, 7) is 0.795. The maximum absolute atomic E-state index is 7.39. The molecule has 0 aromatic rings. The minimum atomic E-state index is -0.190. The molecule has 0 spiro atoms. The highest BCUT2D eigenvalue weighted by Crippen LogP contribution is 2.25. The molecule has 1 aliphatic carbocycles. The zero-order chi connectivity index (χ0) is 11.1. The molecule has 0 bridgehead atoms. The van der Waals surface area contributed by atoms with E-state index in [1.807, 2.05) is 0 Å². The van der Waals surface area contributed by atoms with Gasteiger partial charge in [-0.2, -0.15) is 0 Å². The van der Waals surface area contributed by atoms with Crippen LogP contribution in [0.25, 0.3) is 0 Å². The molecule has 0 atom stereocenters. The van der Waals surface area contributed by atoms with E-state index in [0.717, 1.165) is 18.9 Å². The van der Waals surface area contributed by atoms with Gasteiger partial charge in [0.15, 0.2) is 11.9 Å². The summed E-state index contributed by atoms with van der Waals surface area (Å²) in [6, 6.07) is 0. The Kier molecular flexibility index (Phi) is 4.93. The van der Waals surface area contributed by atoms with Crippen LogP contribution < -0.4 is 16.4 Å². The first kappa shape index (κ1) is 11.8. The van der Waals surface area contributed by atoms with Gasteiger partial charge in [-0.1, -0.05) is 32.1 Å². The minimum Gasteiger partial charge on any atom is -0.370 e.